The third-order valence-corrected chi connectivity index (χ3v) is 11.1. The van der Waals surface area contributed by atoms with Crippen LogP contribution >= 0.6 is 0 Å². The fraction of sp³-hybridized carbons (Fsp3) is 0.0816. The molecule has 50 heavy (non-hydrogen) atoms. The van der Waals surface area contributed by atoms with Gasteiger partial charge < -0.3 is 0 Å². The molecule has 8 aromatic carbocycles. The number of hydrogen-bond acceptors (Lipinski definition) is 1. The SMILES string of the molecule is Cc1ccc2cc(-c3c4ccccc4c(-c4ccc5c(c4)C(C)(C)c4ccccc4-5)c4cc(-c5cccc6ccccc56)ccc34)ccc2n1. The number of aryl methyl sites for hydroxylation is 1. The van der Waals surface area contributed by atoms with Crippen molar-refractivity contribution >= 4 is 43.2 Å². The molecule has 1 aliphatic carbocycles. The van der Waals surface area contributed by atoms with Crippen molar-refractivity contribution in [3.05, 3.63) is 175 Å². The summed E-state index contributed by atoms with van der Waals surface area (Å²) in [6.45, 7) is 6.80. The summed E-state index contributed by atoms with van der Waals surface area (Å²) in [4.78, 5) is 4.81. The van der Waals surface area contributed by atoms with Crippen molar-refractivity contribution < 1.29 is 0 Å². The normalized spacial score (nSPS) is 13.3. The van der Waals surface area contributed by atoms with Crippen LogP contribution in [0.25, 0.3) is 87.7 Å². The molecule has 10 rings (SSSR count). The molecule has 0 unspecified atom stereocenters. The lowest BCUT2D eigenvalue weighted by Crippen LogP contribution is -2.14. The summed E-state index contributed by atoms with van der Waals surface area (Å²) >= 11 is 0. The van der Waals surface area contributed by atoms with Crippen LogP contribution in [0.5, 0.6) is 0 Å². The topological polar surface area (TPSA) is 12.9 Å². The van der Waals surface area contributed by atoms with Crippen molar-refractivity contribution in [3.63, 3.8) is 0 Å². The van der Waals surface area contributed by atoms with Gasteiger partial charge in [0.25, 0.3) is 0 Å². The van der Waals surface area contributed by atoms with Gasteiger partial charge in [0.15, 0.2) is 0 Å². The van der Waals surface area contributed by atoms with Gasteiger partial charge in [0.2, 0.25) is 0 Å². The van der Waals surface area contributed by atoms with Gasteiger partial charge in [-0.15, -0.1) is 0 Å². The van der Waals surface area contributed by atoms with Crippen LogP contribution in [0, 0.1) is 6.92 Å². The lowest BCUT2D eigenvalue weighted by molar-refractivity contribution is 0.660. The van der Waals surface area contributed by atoms with Crippen LogP contribution in [0.2, 0.25) is 0 Å². The van der Waals surface area contributed by atoms with Gasteiger partial charge in [-0.05, 0) is 125 Å². The highest BCUT2D eigenvalue weighted by Gasteiger charge is 2.35. The monoisotopic (exact) mass is 637 g/mol. The van der Waals surface area contributed by atoms with Crippen molar-refractivity contribution in [2.45, 2.75) is 26.2 Å². The van der Waals surface area contributed by atoms with E-state index in [1.54, 1.807) is 0 Å². The highest BCUT2D eigenvalue weighted by atomic mass is 14.7. The molecular weight excluding hydrogens is 603 g/mol. The molecule has 0 spiro atoms. The van der Waals surface area contributed by atoms with Gasteiger partial charge in [0, 0.05) is 16.5 Å². The van der Waals surface area contributed by atoms with Gasteiger partial charge in [0.1, 0.15) is 0 Å². The Morgan fingerprint density at radius 1 is 0.400 bits per heavy atom. The molecule has 9 aromatic rings. The number of benzene rings is 8. The Hall–Kier alpha value is -6.05. The second-order valence-electron chi connectivity index (χ2n) is 14.4. The Kier molecular flexibility index (Phi) is 6.20. The van der Waals surface area contributed by atoms with Gasteiger partial charge in [-0.1, -0.05) is 141 Å². The van der Waals surface area contributed by atoms with E-state index < -0.39 is 0 Å². The lowest BCUT2D eigenvalue weighted by atomic mass is 9.80. The number of aromatic nitrogens is 1. The smallest absolute Gasteiger partial charge is 0.0705 e. The van der Waals surface area contributed by atoms with E-state index in [4.69, 9.17) is 4.98 Å². The Balaban J connectivity index is 1.31. The zero-order valence-corrected chi connectivity index (χ0v) is 28.5. The highest BCUT2D eigenvalue weighted by Crippen LogP contribution is 2.51. The predicted octanol–water partition coefficient (Wildman–Crippen LogP) is 13.3. The highest BCUT2D eigenvalue weighted by molar-refractivity contribution is 6.22. The maximum Gasteiger partial charge on any atom is 0.0705 e. The number of hydrogen-bond donors (Lipinski definition) is 0. The maximum absolute atomic E-state index is 4.81. The molecule has 0 bridgehead atoms. The summed E-state index contributed by atoms with van der Waals surface area (Å²) in [6, 6.07) is 58.6. The summed E-state index contributed by atoms with van der Waals surface area (Å²) in [5, 5.41) is 8.72. The standard InChI is InChI=1S/C49H35N/c1-30-19-20-33-27-34(23-26-46(33)50-30)47-40-15-6-7-16-41(40)48(35-22-24-39-38-14-8-9-18-44(38)49(2,3)45(39)29-35)43-28-32(21-25-42(43)47)37-17-10-12-31-11-4-5-13-36(31)37/h4-29H,1-3H3. The minimum Gasteiger partial charge on any atom is -0.253 e. The van der Waals surface area contributed by atoms with Crippen LogP contribution in [0.3, 0.4) is 0 Å². The number of pyridine rings is 1. The second-order valence-corrected chi connectivity index (χ2v) is 14.4. The molecule has 1 aromatic heterocycles. The minimum atomic E-state index is -0.0842. The first-order chi connectivity index (χ1) is 24.5. The summed E-state index contributed by atoms with van der Waals surface area (Å²) in [5.74, 6) is 0. The molecule has 1 aliphatic rings. The Labute approximate surface area is 292 Å². The number of fused-ring (bicyclic) bond motifs is 7. The fourth-order valence-electron chi connectivity index (χ4n) is 8.69. The molecule has 1 heteroatoms. The second kappa shape index (κ2) is 10.7. The van der Waals surface area contributed by atoms with Gasteiger partial charge in [-0.2, -0.15) is 0 Å². The van der Waals surface area contributed by atoms with Gasteiger partial charge in [-0.25, -0.2) is 0 Å². The predicted molar refractivity (Wildman–Crippen MR) is 213 cm³/mol. The van der Waals surface area contributed by atoms with Crippen LogP contribution in [-0.4, -0.2) is 4.98 Å². The van der Waals surface area contributed by atoms with Gasteiger partial charge >= 0.3 is 0 Å². The maximum atomic E-state index is 4.81. The molecule has 0 aliphatic heterocycles. The van der Waals surface area contributed by atoms with Crippen molar-refractivity contribution in [1.82, 2.24) is 4.98 Å². The number of nitrogens with zero attached hydrogens (tertiary/aromatic N) is 1. The lowest BCUT2D eigenvalue weighted by Gasteiger charge is -2.23. The average molecular weight is 638 g/mol. The van der Waals surface area contributed by atoms with E-state index >= 15 is 0 Å². The van der Waals surface area contributed by atoms with E-state index in [1.807, 2.05) is 0 Å². The van der Waals surface area contributed by atoms with E-state index in [0.717, 1.165) is 16.6 Å². The van der Waals surface area contributed by atoms with Crippen LogP contribution in [0.1, 0.15) is 30.7 Å². The Morgan fingerprint density at radius 2 is 1.02 bits per heavy atom. The van der Waals surface area contributed by atoms with Gasteiger partial charge in [0.05, 0.1) is 5.52 Å². The molecule has 0 fully saturated rings. The zero-order valence-electron chi connectivity index (χ0n) is 28.5. The van der Waals surface area contributed by atoms with E-state index in [2.05, 4.69) is 178 Å². The van der Waals surface area contributed by atoms with Crippen LogP contribution in [0.15, 0.2) is 158 Å². The fourth-order valence-corrected chi connectivity index (χ4v) is 8.69. The zero-order chi connectivity index (χ0) is 33.6. The Morgan fingerprint density at radius 3 is 1.88 bits per heavy atom. The molecule has 0 saturated heterocycles. The molecule has 0 saturated carbocycles. The van der Waals surface area contributed by atoms with Crippen LogP contribution in [-0.2, 0) is 5.41 Å². The van der Waals surface area contributed by atoms with Crippen molar-refractivity contribution in [1.29, 1.82) is 0 Å². The van der Waals surface area contributed by atoms with E-state index in [1.165, 1.54) is 88.0 Å². The summed E-state index contributed by atoms with van der Waals surface area (Å²) < 4.78 is 0. The van der Waals surface area contributed by atoms with Crippen molar-refractivity contribution in [2.24, 2.45) is 0 Å². The molecule has 1 heterocycles. The number of rotatable bonds is 3. The minimum absolute atomic E-state index is 0.0842. The molecule has 0 atom stereocenters. The summed E-state index contributed by atoms with van der Waals surface area (Å²) in [7, 11) is 0. The van der Waals surface area contributed by atoms with Crippen LogP contribution < -0.4 is 0 Å². The molecule has 0 N–H and O–H groups in total. The quantitative estimate of drug-likeness (QED) is 0.176. The summed E-state index contributed by atoms with van der Waals surface area (Å²) in [6.07, 6.45) is 0. The first-order valence-corrected chi connectivity index (χ1v) is 17.5. The van der Waals surface area contributed by atoms with Crippen molar-refractivity contribution in [3.8, 4) is 44.5 Å². The summed E-state index contributed by atoms with van der Waals surface area (Å²) in [5.41, 5.74) is 15.0. The third-order valence-electron chi connectivity index (χ3n) is 11.1. The first kappa shape index (κ1) is 28.9. The van der Waals surface area contributed by atoms with E-state index in [0.29, 0.717) is 0 Å². The van der Waals surface area contributed by atoms with Crippen molar-refractivity contribution in [2.75, 3.05) is 0 Å². The van der Waals surface area contributed by atoms with E-state index in [-0.39, 0.29) is 5.41 Å². The molecule has 0 radical (unpaired) electrons. The molecular formula is C49H35N. The third kappa shape index (κ3) is 4.23. The largest absolute Gasteiger partial charge is 0.253 e. The molecule has 1 nitrogen and oxygen atoms in total. The molecule has 236 valence electrons. The van der Waals surface area contributed by atoms with Crippen LogP contribution in [0.4, 0.5) is 0 Å². The van der Waals surface area contributed by atoms with E-state index in [9.17, 15) is 0 Å². The van der Waals surface area contributed by atoms with Gasteiger partial charge in [-0.3, -0.25) is 4.98 Å². The molecule has 0 amide bonds. The first-order valence-electron chi connectivity index (χ1n) is 17.5. The average Bonchev–Trinajstić information content (AvgIpc) is 3.38. The Bertz CT molecular complexity index is 2850.